The van der Waals surface area contributed by atoms with Crippen LogP contribution in [0.15, 0.2) is 35.5 Å². The highest BCUT2D eigenvalue weighted by Crippen LogP contribution is 2.57. The molecule has 1 aromatic rings. The van der Waals surface area contributed by atoms with Gasteiger partial charge in [0, 0.05) is 12.6 Å². The summed E-state index contributed by atoms with van der Waals surface area (Å²) in [7, 11) is -3.35. The molecule has 0 aliphatic heterocycles. The molecule has 0 aliphatic rings. The summed E-state index contributed by atoms with van der Waals surface area (Å²) in [5.74, 6) is 0. The first-order chi connectivity index (χ1) is 12.0. The smallest absolute Gasteiger partial charge is 0.208 e. The van der Waals surface area contributed by atoms with Gasteiger partial charge in [-0.05, 0) is 18.9 Å². The van der Waals surface area contributed by atoms with Crippen molar-refractivity contribution in [3.05, 3.63) is 35.9 Å². The van der Waals surface area contributed by atoms with Gasteiger partial charge in [-0.3, -0.25) is 4.57 Å². The van der Waals surface area contributed by atoms with E-state index in [1.807, 2.05) is 30.3 Å². The zero-order valence-corrected chi connectivity index (χ0v) is 16.6. The normalized spacial score (nSPS) is 15.7. The average molecular weight is 367 g/mol. The number of hydrogen-bond donors (Lipinski definition) is 2. The Morgan fingerprint density at radius 2 is 1.60 bits per heavy atom. The summed E-state index contributed by atoms with van der Waals surface area (Å²) in [5.41, 5.74) is 0.837. The molecule has 0 amide bonds. The number of nitrogens with zero attached hydrogens (tertiary/aromatic N) is 1. The third-order valence-corrected chi connectivity index (χ3v) is 7.07. The van der Waals surface area contributed by atoms with Gasteiger partial charge in [0.2, 0.25) is 7.37 Å². The molecule has 25 heavy (non-hydrogen) atoms. The van der Waals surface area contributed by atoms with Gasteiger partial charge in [0.05, 0.1) is 11.4 Å². The van der Waals surface area contributed by atoms with Crippen LogP contribution in [0.2, 0.25) is 0 Å². The summed E-state index contributed by atoms with van der Waals surface area (Å²) in [6, 6.07) is 9.42. The number of oxime groups is 1. The maximum absolute atomic E-state index is 13.0. The molecule has 1 aromatic carbocycles. The summed E-state index contributed by atoms with van der Waals surface area (Å²) in [5, 5.41) is 12.1. The first-order valence-electron chi connectivity index (χ1n) is 9.55. The van der Waals surface area contributed by atoms with Crippen LogP contribution in [0.5, 0.6) is 0 Å². The van der Waals surface area contributed by atoms with Crippen LogP contribution in [0.1, 0.15) is 82.9 Å². The van der Waals surface area contributed by atoms with E-state index in [-0.39, 0.29) is 0 Å². The van der Waals surface area contributed by atoms with Crippen molar-refractivity contribution in [2.24, 2.45) is 5.16 Å². The van der Waals surface area contributed by atoms with Crippen LogP contribution in [-0.2, 0) is 4.57 Å². The summed E-state index contributed by atoms with van der Waals surface area (Å²) in [4.78, 5) is 10.7. The lowest BCUT2D eigenvalue weighted by Crippen LogP contribution is -2.08. The van der Waals surface area contributed by atoms with E-state index < -0.39 is 13.0 Å². The molecule has 0 saturated carbocycles. The zero-order chi connectivity index (χ0) is 18.5. The Hall–Kier alpha value is -1.12. The van der Waals surface area contributed by atoms with Gasteiger partial charge < -0.3 is 10.1 Å². The highest BCUT2D eigenvalue weighted by atomic mass is 31.2. The predicted octanol–water partition coefficient (Wildman–Crippen LogP) is 6.38. The Labute approximate surface area is 152 Å². The lowest BCUT2D eigenvalue weighted by atomic mass is 10.1. The molecular formula is C20H34NO3P. The number of benzene rings is 1. The Kier molecular flexibility index (Phi) is 10.8. The first-order valence-corrected chi connectivity index (χ1v) is 11.5. The molecule has 0 saturated heterocycles. The molecule has 5 heteroatoms. The topological polar surface area (TPSA) is 69.9 Å². The van der Waals surface area contributed by atoms with Crippen molar-refractivity contribution < 1.29 is 14.7 Å². The number of rotatable bonds is 13. The summed E-state index contributed by atoms with van der Waals surface area (Å²) in [6.07, 6.45) is 9.90. The van der Waals surface area contributed by atoms with Crippen LogP contribution in [0.4, 0.5) is 0 Å². The Morgan fingerprint density at radius 1 is 1.04 bits per heavy atom. The average Bonchev–Trinajstić information content (AvgIpc) is 2.62. The quantitative estimate of drug-likeness (QED) is 0.140. The summed E-state index contributed by atoms with van der Waals surface area (Å²) < 4.78 is 13.0. The largest absolute Gasteiger partial charge is 0.411 e. The van der Waals surface area contributed by atoms with Gasteiger partial charge >= 0.3 is 0 Å². The molecule has 0 fully saturated rings. The molecular weight excluding hydrogens is 333 g/mol. The monoisotopic (exact) mass is 367 g/mol. The van der Waals surface area contributed by atoms with Crippen molar-refractivity contribution in [2.75, 3.05) is 6.16 Å². The lowest BCUT2D eigenvalue weighted by molar-refractivity contribution is 0.317. The van der Waals surface area contributed by atoms with Gasteiger partial charge in [0.25, 0.3) is 0 Å². The van der Waals surface area contributed by atoms with E-state index in [1.165, 1.54) is 32.1 Å². The molecule has 0 aliphatic carbocycles. The fraction of sp³-hybridized carbons (Fsp3) is 0.650. The standard InChI is InChI=1S/C20H34NO3P/c1-3-4-5-6-7-8-9-13-16-25(23,24)20(17-18(2)21-22)19-14-11-10-12-15-19/h10-12,14-15,20,22H,3-9,13,16-17H2,1-2H3,(H,23,24). The third-order valence-electron chi connectivity index (χ3n) is 4.66. The Morgan fingerprint density at radius 3 is 2.16 bits per heavy atom. The fourth-order valence-electron chi connectivity index (χ4n) is 3.12. The zero-order valence-electron chi connectivity index (χ0n) is 15.7. The second-order valence-electron chi connectivity index (χ2n) is 6.92. The summed E-state index contributed by atoms with van der Waals surface area (Å²) >= 11 is 0. The van der Waals surface area contributed by atoms with Crippen LogP contribution in [0.3, 0.4) is 0 Å². The van der Waals surface area contributed by atoms with Crippen molar-refractivity contribution in [3.8, 4) is 0 Å². The van der Waals surface area contributed by atoms with Crippen LogP contribution in [0.25, 0.3) is 0 Å². The Balaban J connectivity index is 2.54. The summed E-state index contributed by atoms with van der Waals surface area (Å²) in [6.45, 7) is 3.90. The minimum atomic E-state index is -3.35. The number of unbranched alkanes of at least 4 members (excludes halogenated alkanes) is 7. The van der Waals surface area contributed by atoms with E-state index in [2.05, 4.69) is 12.1 Å². The highest BCUT2D eigenvalue weighted by Gasteiger charge is 2.32. The molecule has 4 nitrogen and oxygen atoms in total. The molecule has 2 N–H and O–H groups in total. The maximum atomic E-state index is 13.0. The highest BCUT2D eigenvalue weighted by molar-refractivity contribution is 7.58. The Bertz CT molecular complexity index is 545. The maximum Gasteiger partial charge on any atom is 0.208 e. The van der Waals surface area contributed by atoms with Crippen LogP contribution in [0, 0.1) is 0 Å². The molecule has 0 aromatic heterocycles. The predicted molar refractivity (Wildman–Crippen MR) is 106 cm³/mol. The molecule has 0 radical (unpaired) electrons. The van der Waals surface area contributed by atoms with E-state index in [0.29, 0.717) is 18.3 Å². The van der Waals surface area contributed by atoms with Crippen molar-refractivity contribution in [1.29, 1.82) is 0 Å². The fourth-order valence-corrected chi connectivity index (χ4v) is 5.29. The second-order valence-corrected chi connectivity index (χ2v) is 9.50. The second kappa shape index (κ2) is 12.3. The van der Waals surface area contributed by atoms with Crippen LogP contribution in [-0.4, -0.2) is 22.0 Å². The van der Waals surface area contributed by atoms with Crippen molar-refractivity contribution in [2.45, 2.75) is 77.3 Å². The third kappa shape index (κ3) is 8.69. The number of hydrogen-bond acceptors (Lipinski definition) is 3. The van der Waals surface area contributed by atoms with Crippen molar-refractivity contribution in [1.82, 2.24) is 0 Å². The van der Waals surface area contributed by atoms with Gasteiger partial charge in [-0.25, -0.2) is 0 Å². The molecule has 2 unspecified atom stereocenters. The minimum Gasteiger partial charge on any atom is -0.411 e. The van der Waals surface area contributed by atoms with Crippen molar-refractivity contribution in [3.63, 3.8) is 0 Å². The van der Waals surface area contributed by atoms with E-state index in [1.54, 1.807) is 6.92 Å². The molecule has 1 rings (SSSR count). The lowest BCUT2D eigenvalue weighted by Gasteiger charge is -2.23. The first kappa shape index (κ1) is 21.9. The van der Waals surface area contributed by atoms with E-state index in [0.717, 1.165) is 24.8 Å². The molecule has 0 bridgehead atoms. The minimum absolute atomic E-state index is 0.311. The van der Waals surface area contributed by atoms with Gasteiger partial charge in [-0.2, -0.15) is 0 Å². The van der Waals surface area contributed by atoms with Crippen LogP contribution < -0.4 is 0 Å². The van der Waals surface area contributed by atoms with Gasteiger partial charge in [0.1, 0.15) is 0 Å². The SMILES string of the molecule is CCCCCCCCCCP(=O)(O)C(CC(C)=NO)c1ccccc1. The van der Waals surface area contributed by atoms with Crippen molar-refractivity contribution >= 4 is 13.1 Å². The molecule has 2 atom stereocenters. The van der Waals surface area contributed by atoms with Gasteiger partial charge in [-0.15, -0.1) is 0 Å². The van der Waals surface area contributed by atoms with Crippen LogP contribution >= 0.6 is 7.37 Å². The van der Waals surface area contributed by atoms with E-state index in [9.17, 15) is 9.46 Å². The van der Waals surface area contributed by atoms with Gasteiger partial charge in [-0.1, -0.05) is 87.4 Å². The van der Waals surface area contributed by atoms with Gasteiger partial charge in [0.15, 0.2) is 0 Å². The molecule has 142 valence electrons. The van der Waals surface area contributed by atoms with E-state index in [4.69, 9.17) is 5.21 Å². The molecule has 0 heterocycles. The van der Waals surface area contributed by atoms with E-state index >= 15 is 0 Å². The molecule has 0 spiro atoms.